The summed E-state index contributed by atoms with van der Waals surface area (Å²) in [6, 6.07) is 7.97. The van der Waals surface area contributed by atoms with Crippen molar-refractivity contribution in [3.8, 4) is 23.3 Å². The van der Waals surface area contributed by atoms with E-state index in [1.165, 1.54) is 23.0 Å². The van der Waals surface area contributed by atoms with E-state index in [1.54, 1.807) is 25.1 Å². The fourth-order valence-corrected chi connectivity index (χ4v) is 5.08. The van der Waals surface area contributed by atoms with E-state index in [2.05, 4.69) is 15.1 Å². The highest BCUT2D eigenvalue weighted by atomic mass is 35.5. The highest BCUT2D eigenvalue weighted by Crippen LogP contribution is 2.30. The molecular formula is C20H14Cl2N4O5S. The van der Waals surface area contributed by atoms with Crippen molar-refractivity contribution in [1.82, 2.24) is 19.7 Å². The molecule has 0 amide bonds. The van der Waals surface area contributed by atoms with Crippen LogP contribution in [0.2, 0.25) is 10.0 Å². The van der Waals surface area contributed by atoms with E-state index >= 15 is 0 Å². The lowest BCUT2D eigenvalue weighted by Crippen LogP contribution is -2.45. The molecule has 0 saturated carbocycles. The first-order valence-electron chi connectivity index (χ1n) is 9.39. The Morgan fingerprint density at radius 3 is 2.72 bits per heavy atom. The molecule has 4 heterocycles. The maximum absolute atomic E-state index is 12.7. The number of nitrogens with zero attached hydrogens (tertiary/aromatic N) is 4. The number of pyridine rings is 1. The van der Waals surface area contributed by atoms with Crippen LogP contribution < -0.4 is 10.4 Å². The third kappa shape index (κ3) is 3.74. The molecule has 1 aliphatic rings. The predicted molar refractivity (Wildman–Crippen MR) is 118 cm³/mol. The topological polar surface area (TPSA) is 117 Å². The van der Waals surface area contributed by atoms with E-state index < -0.39 is 21.6 Å². The van der Waals surface area contributed by atoms with Crippen LogP contribution in [-0.2, 0) is 9.84 Å². The molecule has 1 aromatic carbocycles. The van der Waals surface area contributed by atoms with Crippen LogP contribution in [0.4, 0.5) is 0 Å². The fraction of sp³-hybridized carbons (Fsp3) is 0.200. The number of aryl methyl sites for hydroxylation is 1. The lowest BCUT2D eigenvalue weighted by molar-refractivity contribution is 0.220. The summed E-state index contributed by atoms with van der Waals surface area (Å²) in [6.07, 6.45) is 1.01. The van der Waals surface area contributed by atoms with Gasteiger partial charge < -0.3 is 9.15 Å². The van der Waals surface area contributed by atoms with E-state index in [1.807, 2.05) is 0 Å². The SMILES string of the molecule is Cc1cc(Cl)cc2c(=O)oc(-c3cc(OC4CS(=O)(=O)C4)nn3-c3ncccc3Cl)nc12. The number of fused-ring (bicyclic) bond motifs is 1. The van der Waals surface area contributed by atoms with Gasteiger partial charge in [-0.3, -0.25) is 0 Å². The molecule has 1 saturated heterocycles. The van der Waals surface area contributed by atoms with Gasteiger partial charge in [-0.1, -0.05) is 23.2 Å². The number of halogens is 2. The number of hydrogen-bond donors (Lipinski definition) is 0. The van der Waals surface area contributed by atoms with Gasteiger partial charge in [-0.05, 0) is 36.8 Å². The number of ether oxygens (including phenoxy) is 1. The van der Waals surface area contributed by atoms with Crippen molar-refractivity contribution in [3.63, 3.8) is 0 Å². The van der Waals surface area contributed by atoms with E-state index in [-0.39, 0.29) is 40.2 Å². The molecule has 12 heteroatoms. The van der Waals surface area contributed by atoms with Gasteiger partial charge in [0.2, 0.25) is 11.8 Å². The molecule has 0 spiro atoms. The first-order valence-corrected chi connectivity index (χ1v) is 12.0. The Morgan fingerprint density at radius 2 is 2.00 bits per heavy atom. The minimum atomic E-state index is -3.08. The molecule has 164 valence electrons. The molecule has 0 aliphatic carbocycles. The number of aromatic nitrogens is 4. The van der Waals surface area contributed by atoms with Crippen molar-refractivity contribution in [2.24, 2.45) is 0 Å². The first kappa shape index (κ1) is 20.9. The average molecular weight is 493 g/mol. The van der Waals surface area contributed by atoms with Crippen LogP contribution in [0.5, 0.6) is 5.88 Å². The standard InChI is InChI=1S/C20H14Cl2N4O5S/c1-10-5-11(21)6-13-17(10)24-19(31-20(13)27)15-7-16(30-12-8-32(28,29)9-12)25-26(15)18-14(22)3-2-4-23-18/h2-7,12H,8-9H2,1H3. The van der Waals surface area contributed by atoms with E-state index in [9.17, 15) is 13.2 Å². The molecule has 1 fully saturated rings. The molecule has 4 aromatic rings. The summed E-state index contributed by atoms with van der Waals surface area (Å²) < 4.78 is 35.4. The van der Waals surface area contributed by atoms with Crippen LogP contribution in [0.15, 0.2) is 45.7 Å². The summed E-state index contributed by atoms with van der Waals surface area (Å²) in [5, 5.41) is 5.30. The maximum atomic E-state index is 12.7. The lowest BCUT2D eigenvalue weighted by Gasteiger charge is -2.25. The minimum Gasteiger partial charge on any atom is -0.471 e. The summed E-state index contributed by atoms with van der Waals surface area (Å²) in [5.74, 6) is 0.167. The van der Waals surface area contributed by atoms with Gasteiger partial charge in [-0.25, -0.2) is 27.9 Å². The monoisotopic (exact) mass is 492 g/mol. The number of benzene rings is 1. The molecule has 0 unspecified atom stereocenters. The number of rotatable bonds is 4. The molecule has 32 heavy (non-hydrogen) atoms. The third-order valence-electron chi connectivity index (χ3n) is 4.90. The zero-order valence-electron chi connectivity index (χ0n) is 16.4. The van der Waals surface area contributed by atoms with Crippen molar-refractivity contribution in [3.05, 3.63) is 62.6 Å². The molecule has 1 aliphatic heterocycles. The largest absolute Gasteiger partial charge is 0.471 e. The Labute approximate surface area is 191 Å². The second-order valence-corrected chi connectivity index (χ2v) is 10.3. The van der Waals surface area contributed by atoms with Crippen molar-refractivity contribution in [1.29, 1.82) is 0 Å². The average Bonchev–Trinajstić information content (AvgIpc) is 3.11. The van der Waals surface area contributed by atoms with Gasteiger partial charge in [0.1, 0.15) is 11.8 Å². The van der Waals surface area contributed by atoms with Crippen LogP contribution >= 0.6 is 23.2 Å². The minimum absolute atomic E-state index is 0.0294. The van der Waals surface area contributed by atoms with E-state index in [0.29, 0.717) is 21.1 Å². The highest BCUT2D eigenvalue weighted by Gasteiger charge is 2.36. The molecule has 0 bridgehead atoms. The van der Waals surface area contributed by atoms with Gasteiger partial charge >= 0.3 is 5.63 Å². The van der Waals surface area contributed by atoms with Crippen LogP contribution in [-0.4, -0.2) is 45.8 Å². The Hall–Kier alpha value is -2.95. The molecule has 0 atom stereocenters. The maximum Gasteiger partial charge on any atom is 0.347 e. The number of sulfone groups is 1. The Morgan fingerprint density at radius 1 is 1.22 bits per heavy atom. The second kappa shape index (κ2) is 7.58. The predicted octanol–water partition coefficient (Wildman–Crippen LogP) is 3.23. The fourth-order valence-electron chi connectivity index (χ4n) is 3.44. The van der Waals surface area contributed by atoms with E-state index in [0.717, 1.165) is 0 Å². The molecule has 0 N–H and O–H groups in total. The number of hydrogen-bond acceptors (Lipinski definition) is 8. The second-order valence-electron chi connectivity index (χ2n) is 7.33. The van der Waals surface area contributed by atoms with E-state index in [4.69, 9.17) is 32.4 Å². The summed E-state index contributed by atoms with van der Waals surface area (Å²) >= 11 is 12.4. The van der Waals surface area contributed by atoms with Gasteiger partial charge in [0.25, 0.3) is 0 Å². The molecule has 3 aromatic heterocycles. The zero-order chi connectivity index (χ0) is 22.6. The van der Waals surface area contributed by atoms with Crippen LogP contribution in [0.3, 0.4) is 0 Å². The van der Waals surface area contributed by atoms with Crippen LogP contribution in [0.25, 0.3) is 28.3 Å². The molecule has 5 rings (SSSR count). The molecule has 9 nitrogen and oxygen atoms in total. The highest BCUT2D eigenvalue weighted by molar-refractivity contribution is 7.92. The van der Waals surface area contributed by atoms with Crippen molar-refractivity contribution < 1.29 is 17.6 Å². The smallest absolute Gasteiger partial charge is 0.347 e. The normalized spacial score (nSPS) is 15.6. The van der Waals surface area contributed by atoms with Crippen molar-refractivity contribution >= 4 is 43.9 Å². The quantitative estimate of drug-likeness (QED) is 0.426. The summed E-state index contributed by atoms with van der Waals surface area (Å²) in [6.45, 7) is 1.78. The first-order chi connectivity index (χ1) is 15.2. The Kier molecular flexibility index (Phi) is 4.95. The molecular weight excluding hydrogens is 479 g/mol. The van der Waals surface area contributed by atoms with Crippen molar-refractivity contribution in [2.45, 2.75) is 13.0 Å². The summed E-state index contributed by atoms with van der Waals surface area (Å²) in [4.78, 5) is 21.4. The van der Waals surface area contributed by atoms with Gasteiger partial charge in [-0.15, -0.1) is 5.10 Å². The van der Waals surface area contributed by atoms with Gasteiger partial charge in [-0.2, -0.15) is 0 Å². The Bertz CT molecular complexity index is 1540. The van der Waals surface area contributed by atoms with Gasteiger partial charge in [0, 0.05) is 17.3 Å². The lowest BCUT2D eigenvalue weighted by atomic mass is 10.1. The van der Waals surface area contributed by atoms with Crippen molar-refractivity contribution in [2.75, 3.05) is 11.5 Å². The van der Waals surface area contributed by atoms with Gasteiger partial charge in [0.15, 0.2) is 15.7 Å². The van der Waals surface area contributed by atoms with Crippen LogP contribution in [0, 0.1) is 6.92 Å². The Balaban J connectivity index is 1.67. The zero-order valence-corrected chi connectivity index (χ0v) is 18.8. The van der Waals surface area contributed by atoms with Crippen LogP contribution in [0.1, 0.15) is 5.56 Å². The van der Waals surface area contributed by atoms with Gasteiger partial charge in [0.05, 0.1) is 27.4 Å². The third-order valence-corrected chi connectivity index (χ3v) is 7.17. The summed E-state index contributed by atoms with van der Waals surface area (Å²) in [5.41, 5.74) is 0.756. The molecule has 0 radical (unpaired) electrons. The summed E-state index contributed by atoms with van der Waals surface area (Å²) in [7, 11) is -3.08.